The van der Waals surface area contributed by atoms with E-state index in [1.807, 2.05) is 13.8 Å². The summed E-state index contributed by atoms with van der Waals surface area (Å²) in [4.78, 5) is 0. The third-order valence-electron chi connectivity index (χ3n) is 0.664. The van der Waals surface area contributed by atoms with Gasteiger partial charge in [0, 0.05) is 24.7 Å². The number of hydrogen-bond acceptors (Lipinski definition) is 3. The van der Waals surface area contributed by atoms with Crippen LogP contribution in [-0.4, -0.2) is 15.7 Å². The van der Waals surface area contributed by atoms with Gasteiger partial charge in [0.1, 0.15) is 0 Å². The van der Waals surface area contributed by atoms with E-state index in [-0.39, 0.29) is 25.6 Å². The van der Waals surface area contributed by atoms with Crippen LogP contribution in [0.5, 0.6) is 0 Å². The summed E-state index contributed by atoms with van der Waals surface area (Å²) in [6.45, 7) is 8.15. The summed E-state index contributed by atoms with van der Waals surface area (Å²) in [5.74, 6) is 0. The van der Waals surface area contributed by atoms with E-state index in [0.717, 1.165) is 0 Å². The molecule has 0 aliphatic carbocycles. The van der Waals surface area contributed by atoms with Crippen molar-refractivity contribution in [1.82, 2.24) is 0 Å². The Hall–Kier alpha value is 0.863. The Kier molecular flexibility index (Phi) is 9.82. The number of thioether (sulfide) groups is 1. The fourth-order valence-electron chi connectivity index (χ4n) is 0.413. The van der Waals surface area contributed by atoms with Crippen LogP contribution in [-0.2, 0) is 24.2 Å². The second-order valence-corrected chi connectivity index (χ2v) is 4.76. The first-order valence-electron chi connectivity index (χ1n) is 3.39. The van der Waals surface area contributed by atoms with Crippen LogP contribution < -0.4 is 0 Å². The maximum absolute atomic E-state index is 5.26. The van der Waals surface area contributed by atoms with E-state index < -0.39 is 0 Å². The van der Waals surface area contributed by atoms with Crippen LogP contribution in [0.4, 0.5) is 0 Å². The van der Waals surface area contributed by atoms with Gasteiger partial charge in [-0.3, -0.25) is 0 Å². The van der Waals surface area contributed by atoms with E-state index in [0.29, 0.717) is 9.63 Å². The minimum atomic E-state index is 0. The summed E-state index contributed by atoms with van der Waals surface area (Å²) < 4.78 is 5.91. The van der Waals surface area contributed by atoms with Crippen LogP contribution in [0.3, 0.4) is 0 Å². The molecule has 4 heteroatoms. The van der Waals surface area contributed by atoms with Crippen molar-refractivity contribution in [2.24, 2.45) is 0 Å². The molecule has 0 rings (SSSR count). The van der Waals surface area contributed by atoms with Gasteiger partial charge in [-0.15, -0.1) is 0 Å². The molecule has 0 heterocycles. The van der Waals surface area contributed by atoms with E-state index >= 15 is 0 Å². The zero-order valence-electron chi connectivity index (χ0n) is 7.59. The number of hydrogen-bond donors (Lipinski definition) is 0. The van der Waals surface area contributed by atoms with Gasteiger partial charge in [0.2, 0.25) is 4.38 Å². The first-order valence-corrected chi connectivity index (χ1v) is 4.68. The molecule has 0 saturated carbocycles. The molecule has 0 aliphatic heterocycles. The Morgan fingerprint density at radius 3 is 2.00 bits per heavy atom. The first kappa shape index (κ1) is 14.4. The molecule has 62 valence electrons. The van der Waals surface area contributed by atoms with Crippen molar-refractivity contribution in [3.05, 3.63) is 0 Å². The normalized spacial score (nSPS) is 9.64. The fraction of sp³-hybridized carbons (Fsp3) is 0.857. The standard InChI is InChI=1S/C7H14OS2.Zn/c1-5(2)8-7(9)10-6(3)4;/h5-6H,1-4H3;. The van der Waals surface area contributed by atoms with Crippen LogP contribution in [0.25, 0.3) is 0 Å². The monoisotopic (exact) mass is 242 g/mol. The summed E-state index contributed by atoms with van der Waals surface area (Å²) in [6, 6.07) is 0. The molecule has 0 fully saturated rings. The predicted octanol–water partition coefficient (Wildman–Crippen LogP) is 2.84. The van der Waals surface area contributed by atoms with E-state index in [1.54, 1.807) is 11.8 Å². The molecule has 0 amide bonds. The summed E-state index contributed by atoms with van der Waals surface area (Å²) in [6.07, 6.45) is 0.207. The van der Waals surface area contributed by atoms with E-state index in [2.05, 4.69) is 13.8 Å². The molecule has 0 atom stereocenters. The second kappa shape index (κ2) is 7.51. The zero-order chi connectivity index (χ0) is 8.15. The van der Waals surface area contributed by atoms with E-state index in [9.17, 15) is 0 Å². The molecule has 0 spiro atoms. The molecule has 1 nitrogen and oxygen atoms in total. The van der Waals surface area contributed by atoms with Crippen molar-refractivity contribution in [2.45, 2.75) is 39.0 Å². The average Bonchev–Trinajstić information content (AvgIpc) is 1.58. The van der Waals surface area contributed by atoms with Crippen LogP contribution >= 0.6 is 24.0 Å². The third kappa shape index (κ3) is 10.9. The molecule has 0 aromatic heterocycles. The molecule has 0 aromatic rings. The summed E-state index contributed by atoms with van der Waals surface area (Å²) >= 11 is 6.54. The Balaban J connectivity index is 0. The minimum Gasteiger partial charge on any atom is -0.476 e. The number of ether oxygens (including phenoxy) is 1. The predicted molar refractivity (Wildman–Crippen MR) is 51.5 cm³/mol. The van der Waals surface area contributed by atoms with E-state index in [1.165, 1.54) is 0 Å². The Bertz CT molecular complexity index is 103. The molecule has 0 saturated heterocycles. The van der Waals surface area contributed by atoms with Crippen molar-refractivity contribution in [3.8, 4) is 0 Å². The van der Waals surface area contributed by atoms with Gasteiger partial charge < -0.3 is 4.74 Å². The Labute approximate surface area is 91.4 Å². The topological polar surface area (TPSA) is 9.23 Å². The maximum atomic E-state index is 5.26. The van der Waals surface area contributed by atoms with Crippen LogP contribution in [0, 0.1) is 0 Å². The maximum Gasteiger partial charge on any atom is 0.220 e. The number of rotatable bonds is 2. The van der Waals surface area contributed by atoms with Crippen molar-refractivity contribution in [2.75, 3.05) is 0 Å². The SMILES string of the molecule is CC(C)OC(=S)SC(C)C.[Zn]. The molecule has 0 radical (unpaired) electrons. The molecule has 0 N–H and O–H groups in total. The summed E-state index contributed by atoms with van der Waals surface area (Å²) in [5.41, 5.74) is 0. The Morgan fingerprint density at radius 1 is 1.27 bits per heavy atom. The van der Waals surface area contributed by atoms with Crippen molar-refractivity contribution >= 4 is 28.4 Å². The fourth-order valence-corrected chi connectivity index (χ4v) is 1.82. The second-order valence-electron chi connectivity index (χ2n) is 2.58. The van der Waals surface area contributed by atoms with Crippen LogP contribution in [0.2, 0.25) is 0 Å². The molecule has 0 aliphatic rings. The van der Waals surface area contributed by atoms with Gasteiger partial charge in [-0.25, -0.2) is 0 Å². The smallest absolute Gasteiger partial charge is 0.220 e. The largest absolute Gasteiger partial charge is 0.476 e. The average molecular weight is 244 g/mol. The van der Waals surface area contributed by atoms with Gasteiger partial charge in [0.15, 0.2) is 0 Å². The molecular formula is C7H14OS2Zn. The van der Waals surface area contributed by atoms with Gasteiger partial charge in [0.25, 0.3) is 0 Å². The van der Waals surface area contributed by atoms with Gasteiger partial charge in [-0.1, -0.05) is 25.6 Å². The minimum absolute atomic E-state index is 0. The molecular weight excluding hydrogens is 230 g/mol. The van der Waals surface area contributed by atoms with Gasteiger partial charge in [0.05, 0.1) is 6.10 Å². The van der Waals surface area contributed by atoms with Crippen LogP contribution in [0.15, 0.2) is 0 Å². The number of thiocarbonyl (C=S) groups is 1. The van der Waals surface area contributed by atoms with Gasteiger partial charge in [-0.2, -0.15) is 0 Å². The van der Waals surface area contributed by atoms with Crippen molar-refractivity contribution < 1.29 is 24.2 Å². The molecule has 0 aromatic carbocycles. The molecule has 0 unspecified atom stereocenters. The third-order valence-corrected chi connectivity index (χ3v) is 1.81. The van der Waals surface area contributed by atoms with Crippen molar-refractivity contribution in [1.29, 1.82) is 0 Å². The quantitative estimate of drug-likeness (QED) is 0.545. The summed E-state index contributed by atoms with van der Waals surface area (Å²) in [5, 5.41) is 0.520. The van der Waals surface area contributed by atoms with Crippen molar-refractivity contribution in [3.63, 3.8) is 0 Å². The molecule has 0 bridgehead atoms. The molecule has 11 heavy (non-hydrogen) atoms. The summed E-state index contributed by atoms with van der Waals surface area (Å²) in [7, 11) is 0. The van der Waals surface area contributed by atoms with Gasteiger partial charge in [-0.05, 0) is 26.1 Å². The first-order chi connectivity index (χ1) is 4.52. The zero-order valence-corrected chi connectivity index (χ0v) is 12.2. The van der Waals surface area contributed by atoms with E-state index in [4.69, 9.17) is 17.0 Å². The Morgan fingerprint density at radius 2 is 1.73 bits per heavy atom. The van der Waals surface area contributed by atoms with Gasteiger partial charge >= 0.3 is 0 Å². The van der Waals surface area contributed by atoms with Crippen LogP contribution in [0.1, 0.15) is 27.7 Å².